The molecule has 4 heteroatoms. The Bertz CT molecular complexity index is 660. The Labute approximate surface area is 149 Å². The molecule has 0 radical (unpaired) electrons. The van der Waals surface area contributed by atoms with Gasteiger partial charge in [-0.15, -0.1) is 0 Å². The molecule has 0 aromatic heterocycles. The van der Waals surface area contributed by atoms with Gasteiger partial charge in [0.1, 0.15) is 6.61 Å². The number of alkyl carbamates (subject to hydrolysis) is 1. The molecule has 25 heavy (non-hydrogen) atoms. The second-order valence-corrected chi connectivity index (χ2v) is 6.76. The van der Waals surface area contributed by atoms with Gasteiger partial charge in [0.2, 0.25) is 0 Å². The first-order valence-corrected chi connectivity index (χ1v) is 8.94. The third-order valence-electron chi connectivity index (χ3n) is 4.82. The van der Waals surface area contributed by atoms with Crippen LogP contribution in [0.25, 0.3) is 0 Å². The van der Waals surface area contributed by atoms with Crippen LogP contribution in [0.2, 0.25) is 0 Å². The Balaban J connectivity index is 1.41. The molecule has 0 spiro atoms. The molecule has 1 saturated heterocycles. The number of rotatable bonds is 6. The van der Waals surface area contributed by atoms with Crippen LogP contribution in [-0.2, 0) is 17.9 Å². The second kappa shape index (κ2) is 8.67. The largest absolute Gasteiger partial charge is 0.445 e. The highest BCUT2D eigenvalue weighted by molar-refractivity contribution is 5.67. The molecule has 2 aromatic carbocycles. The zero-order valence-electron chi connectivity index (χ0n) is 14.7. The van der Waals surface area contributed by atoms with Crippen LogP contribution in [-0.4, -0.2) is 30.1 Å². The van der Waals surface area contributed by atoms with E-state index >= 15 is 0 Å². The summed E-state index contributed by atoms with van der Waals surface area (Å²) in [7, 11) is 0. The summed E-state index contributed by atoms with van der Waals surface area (Å²) >= 11 is 0. The average molecular weight is 338 g/mol. The van der Waals surface area contributed by atoms with Gasteiger partial charge in [-0.25, -0.2) is 4.79 Å². The molecule has 0 bridgehead atoms. The lowest BCUT2D eigenvalue weighted by Gasteiger charge is -2.21. The number of hydrogen-bond donors (Lipinski definition) is 1. The number of benzene rings is 2. The van der Waals surface area contributed by atoms with Crippen molar-refractivity contribution in [2.24, 2.45) is 5.92 Å². The summed E-state index contributed by atoms with van der Waals surface area (Å²) in [5, 5.41) is 2.99. The Morgan fingerprint density at radius 1 is 1.12 bits per heavy atom. The summed E-state index contributed by atoms with van der Waals surface area (Å²) in [6, 6.07) is 20.4. The zero-order valence-corrected chi connectivity index (χ0v) is 14.7. The third kappa shape index (κ3) is 5.33. The van der Waals surface area contributed by atoms with Crippen molar-refractivity contribution in [2.45, 2.75) is 32.5 Å². The highest BCUT2D eigenvalue weighted by Crippen LogP contribution is 2.21. The van der Waals surface area contributed by atoms with Gasteiger partial charge in [0.25, 0.3) is 0 Å². The highest BCUT2D eigenvalue weighted by Gasteiger charge is 2.28. The Morgan fingerprint density at radius 2 is 1.76 bits per heavy atom. The van der Waals surface area contributed by atoms with Crippen LogP contribution in [0.15, 0.2) is 60.7 Å². The monoisotopic (exact) mass is 338 g/mol. The van der Waals surface area contributed by atoms with Gasteiger partial charge in [0.05, 0.1) is 0 Å². The van der Waals surface area contributed by atoms with E-state index in [9.17, 15) is 4.79 Å². The lowest BCUT2D eigenvalue weighted by atomic mass is 10.0. The van der Waals surface area contributed by atoms with Crippen molar-refractivity contribution in [3.8, 4) is 0 Å². The number of nitrogens with zero attached hydrogens (tertiary/aromatic N) is 1. The van der Waals surface area contributed by atoms with E-state index in [1.165, 1.54) is 5.56 Å². The smallest absolute Gasteiger partial charge is 0.407 e. The van der Waals surface area contributed by atoms with Crippen molar-refractivity contribution >= 4 is 6.09 Å². The maximum absolute atomic E-state index is 12.0. The molecule has 4 nitrogen and oxygen atoms in total. The first kappa shape index (κ1) is 17.5. The molecule has 0 saturated carbocycles. The van der Waals surface area contributed by atoms with Crippen LogP contribution < -0.4 is 5.32 Å². The molecule has 1 aliphatic heterocycles. The maximum atomic E-state index is 12.0. The first-order valence-electron chi connectivity index (χ1n) is 8.94. The zero-order chi connectivity index (χ0) is 17.5. The maximum Gasteiger partial charge on any atom is 0.407 e. The van der Waals surface area contributed by atoms with Crippen molar-refractivity contribution in [3.63, 3.8) is 0 Å². The van der Waals surface area contributed by atoms with Gasteiger partial charge < -0.3 is 10.1 Å². The molecular weight excluding hydrogens is 312 g/mol. The predicted octanol–water partition coefficient (Wildman–Crippen LogP) is 3.82. The van der Waals surface area contributed by atoms with Crippen molar-refractivity contribution < 1.29 is 9.53 Å². The van der Waals surface area contributed by atoms with E-state index in [4.69, 9.17) is 4.74 Å². The summed E-state index contributed by atoms with van der Waals surface area (Å²) < 4.78 is 5.32. The molecule has 132 valence electrons. The number of hydrogen-bond acceptors (Lipinski definition) is 3. The van der Waals surface area contributed by atoms with Crippen molar-refractivity contribution in [3.05, 3.63) is 71.8 Å². The third-order valence-corrected chi connectivity index (χ3v) is 4.82. The normalized spacial score (nSPS) is 18.7. The Kier molecular flexibility index (Phi) is 6.07. The summed E-state index contributed by atoms with van der Waals surface area (Å²) in [5.41, 5.74) is 2.34. The molecular formula is C21H26N2O2. The second-order valence-electron chi connectivity index (χ2n) is 6.76. The SMILES string of the molecule is CC(NC(=O)OCc1ccccc1)C1CCN(Cc2ccccc2)C1. The molecule has 1 fully saturated rings. The fraction of sp³-hybridized carbons (Fsp3) is 0.381. The molecule has 2 aromatic rings. The lowest BCUT2D eigenvalue weighted by molar-refractivity contribution is 0.132. The summed E-state index contributed by atoms with van der Waals surface area (Å²) in [4.78, 5) is 14.5. The topological polar surface area (TPSA) is 41.6 Å². The number of nitrogens with one attached hydrogen (secondary N) is 1. The van der Waals surface area contributed by atoms with Crippen molar-refractivity contribution in [1.82, 2.24) is 10.2 Å². The minimum Gasteiger partial charge on any atom is -0.445 e. The van der Waals surface area contributed by atoms with E-state index in [1.807, 2.05) is 36.4 Å². The molecule has 3 rings (SSSR count). The molecule has 1 heterocycles. The summed E-state index contributed by atoms with van der Waals surface area (Å²) in [6.07, 6.45) is 0.769. The minimum atomic E-state index is -0.335. The quantitative estimate of drug-likeness (QED) is 0.870. The molecule has 1 N–H and O–H groups in total. The van der Waals surface area contributed by atoms with Crippen LogP contribution in [0.4, 0.5) is 4.79 Å². The van der Waals surface area contributed by atoms with Gasteiger partial charge in [-0.05, 0) is 36.9 Å². The van der Waals surface area contributed by atoms with Crippen LogP contribution in [0.3, 0.4) is 0 Å². The first-order chi connectivity index (χ1) is 12.2. The number of likely N-dealkylation sites (tertiary alicyclic amines) is 1. The van der Waals surface area contributed by atoms with E-state index in [0.29, 0.717) is 12.5 Å². The predicted molar refractivity (Wildman–Crippen MR) is 99.1 cm³/mol. The number of carbonyl (C=O) groups excluding carboxylic acids is 1. The molecule has 1 amide bonds. The fourth-order valence-electron chi connectivity index (χ4n) is 3.32. The van der Waals surface area contributed by atoms with Gasteiger partial charge in [-0.1, -0.05) is 60.7 Å². The van der Waals surface area contributed by atoms with Crippen molar-refractivity contribution in [2.75, 3.05) is 13.1 Å². The Morgan fingerprint density at radius 3 is 2.44 bits per heavy atom. The molecule has 0 aliphatic carbocycles. The van der Waals surface area contributed by atoms with Gasteiger partial charge in [0.15, 0.2) is 0 Å². The molecule has 1 aliphatic rings. The fourth-order valence-corrected chi connectivity index (χ4v) is 3.32. The van der Waals surface area contributed by atoms with Gasteiger partial charge in [-0.3, -0.25) is 4.90 Å². The van der Waals surface area contributed by atoms with E-state index in [1.54, 1.807) is 0 Å². The van der Waals surface area contributed by atoms with E-state index in [2.05, 4.69) is 41.4 Å². The van der Waals surface area contributed by atoms with Gasteiger partial charge >= 0.3 is 6.09 Å². The van der Waals surface area contributed by atoms with Crippen LogP contribution in [0, 0.1) is 5.92 Å². The van der Waals surface area contributed by atoms with Gasteiger partial charge in [-0.2, -0.15) is 0 Å². The number of carbonyl (C=O) groups is 1. The van der Waals surface area contributed by atoms with Crippen molar-refractivity contribution in [1.29, 1.82) is 0 Å². The molecule has 2 unspecified atom stereocenters. The van der Waals surface area contributed by atoms with E-state index < -0.39 is 0 Å². The Hall–Kier alpha value is -2.33. The summed E-state index contributed by atoms with van der Waals surface area (Å²) in [5.74, 6) is 0.466. The van der Waals surface area contributed by atoms with E-state index in [-0.39, 0.29) is 12.1 Å². The van der Waals surface area contributed by atoms with Crippen LogP contribution >= 0.6 is 0 Å². The lowest BCUT2D eigenvalue weighted by Crippen LogP contribution is -2.39. The minimum absolute atomic E-state index is 0.115. The highest BCUT2D eigenvalue weighted by atomic mass is 16.5. The average Bonchev–Trinajstić information content (AvgIpc) is 3.10. The molecule has 2 atom stereocenters. The number of ether oxygens (including phenoxy) is 1. The summed E-state index contributed by atoms with van der Waals surface area (Å²) in [6.45, 7) is 5.44. The number of amides is 1. The van der Waals surface area contributed by atoms with E-state index in [0.717, 1.165) is 31.6 Å². The van der Waals surface area contributed by atoms with Crippen LogP contribution in [0.1, 0.15) is 24.5 Å². The van der Waals surface area contributed by atoms with Crippen LogP contribution in [0.5, 0.6) is 0 Å². The standard InChI is InChI=1S/C21H26N2O2/c1-17(22-21(24)25-16-19-10-6-3-7-11-19)20-12-13-23(15-20)14-18-8-4-2-5-9-18/h2-11,17,20H,12-16H2,1H3,(H,22,24). The van der Waals surface area contributed by atoms with Gasteiger partial charge in [0, 0.05) is 19.1 Å².